The van der Waals surface area contributed by atoms with Crippen molar-refractivity contribution in [1.82, 2.24) is 4.57 Å². The second kappa shape index (κ2) is 4.30. The number of hydrogen-bond donors (Lipinski definition) is 1. The molecule has 5 heteroatoms. The lowest BCUT2D eigenvalue weighted by molar-refractivity contribution is 0.407. The largest absolute Gasteiger partial charge is 0.494 e. The highest BCUT2D eigenvalue weighted by atomic mass is 16.3. The quantitative estimate of drug-likeness (QED) is 0.763. The monoisotopic (exact) mass is 203 g/mol. The van der Waals surface area contributed by atoms with Crippen LogP contribution < -0.4 is 5.56 Å². The van der Waals surface area contributed by atoms with Crippen LogP contribution in [0.5, 0.6) is 5.88 Å². The summed E-state index contributed by atoms with van der Waals surface area (Å²) in [5, 5.41) is 26.6. The smallest absolute Gasteiger partial charge is 0.271 e. The molecule has 0 spiro atoms. The average molecular weight is 203 g/mol. The van der Waals surface area contributed by atoms with Gasteiger partial charge in [-0.1, -0.05) is 0 Å². The van der Waals surface area contributed by atoms with Gasteiger partial charge in [0.1, 0.15) is 11.6 Å². The molecule has 0 saturated heterocycles. The van der Waals surface area contributed by atoms with Crippen LogP contribution in [0.15, 0.2) is 10.9 Å². The molecule has 76 valence electrons. The zero-order chi connectivity index (χ0) is 11.4. The van der Waals surface area contributed by atoms with Gasteiger partial charge in [0.05, 0.1) is 12.5 Å². The Morgan fingerprint density at radius 1 is 1.53 bits per heavy atom. The lowest BCUT2D eigenvalue weighted by atomic mass is 10.1. The van der Waals surface area contributed by atoms with E-state index in [2.05, 4.69) is 0 Å². The van der Waals surface area contributed by atoms with Crippen LogP contribution >= 0.6 is 0 Å². The van der Waals surface area contributed by atoms with Crippen LogP contribution in [0.1, 0.15) is 17.5 Å². The number of nitrogens with zero attached hydrogens (tertiary/aromatic N) is 3. The molecule has 0 aliphatic carbocycles. The number of nitriles is 2. The third kappa shape index (κ3) is 1.97. The van der Waals surface area contributed by atoms with E-state index in [1.165, 1.54) is 6.07 Å². The van der Waals surface area contributed by atoms with Crippen LogP contribution in [-0.4, -0.2) is 9.67 Å². The van der Waals surface area contributed by atoms with Crippen molar-refractivity contribution in [2.75, 3.05) is 0 Å². The van der Waals surface area contributed by atoms with Gasteiger partial charge in [-0.2, -0.15) is 10.5 Å². The maximum Gasteiger partial charge on any atom is 0.271 e. The van der Waals surface area contributed by atoms with Crippen molar-refractivity contribution < 1.29 is 5.11 Å². The number of aromatic nitrogens is 1. The Hall–Kier alpha value is -2.27. The van der Waals surface area contributed by atoms with Crippen LogP contribution in [0.2, 0.25) is 0 Å². The van der Waals surface area contributed by atoms with E-state index >= 15 is 0 Å². The predicted molar refractivity (Wildman–Crippen MR) is 52.0 cm³/mol. The molecular weight excluding hydrogens is 194 g/mol. The first kappa shape index (κ1) is 10.8. The van der Waals surface area contributed by atoms with Crippen molar-refractivity contribution in [3.8, 4) is 18.0 Å². The standard InChI is InChI=1S/C10H9N3O2/c1-7-5-9(14)13(4-2-3-11)10(15)8(7)6-12/h5,14H,2,4H2,1H3. The van der Waals surface area contributed by atoms with E-state index in [-0.39, 0.29) is 24.4 Å². The average Bonchev–Trinajstić information content (AvgIpc) is 2.17. The molecular formula is C10H9N3O2. The number of pyridine rings is 1. The summed E-state index contributed by atoms with van der Waals surface area (Å²) in [5.74, 6) is -0.216. The summed E-state index contributed by atoms with van der Waals surface area (Å²) in [7, 11) is 0. The predicted octanol–water partition coefficient (Wildman–Crippen LogP) is 0.648. The molecule has 0 saturated carbocycles. The van der Waals surface area contributed by atoms with Gasteiger partial charge in [0.2, 0.25) is 0 Å². The van der Waals surface area contributed by atoms with Crippen LogP contribution in [0.25, 0.3) is 0 Å². The number of hydrogen-bond acceptors (Lipinski definition) is 4. The Kier molecular flexibility index (Phi) is 3.10. The SMILES string of the molecule is Cc1cc(O)n(CCC#N)c(=O)c1C#N. The highest BCUT2D eigenvalue weighted by Gasteiger charge is 2.10. The maximum absolute atomic E-state index is 11.6. The fourth-order valence-electron chi connectivity index (χ4n) is 1.27. The summed E-state index contributed by atoms with van der Waals surface area (Å²) in [5.41, 5.74) is -0.107. The minimum absolute atomic E-state index is 0.00531. The molecule has 5 nitrogen and oxygen atoms in total. The molecule has 1 aromatic heterocycles. The van der Waals surface area contributed by atoms with Gasteiger partial charge in [0.25, 0.3) is 5.56 Å². The van der Waals surface area contributed by atoms with Crippen molar-refractivity contribution in [2.24, 2.45) is 0 Å². The number of rotatable bonds is 2. The lowest BCUT2D eigenvalue weighted by Gasteiger charge is -2.07. The van der Waals surface area contributed by atoms with E-state index in [0.717, 1.165) is 4.57 Å². The van der Waals surface area contributed by atoms with Crippen LogP contribution in [0, 0.1) is 29.6 Å². The van der Waals surface area contributed by atoms with Gasteiger partial charge in [0, 0.05) is 12.6 Å². The molecule has 0 bridgehead atoms. The molecule has 0 unspecified atom stereocenters. The van der Waals surface area contributed by atoms with Crippen LogP contribution in [0.3, 0.4) is 0 Å². The Bertz CT molecular complexity index is 517. The Balaban J connectivity index is 3.36. The second-order valence-corrected chi connectivity index (χ2v) is 3.04. The summed E-state index contributed by atoms with van der Waals surface area (Å²) in [6.45, 7) is 1.67. The molecule has 0 aliphatic rings. The van der Waals surface area contributed by atoms with Crippen molar-refractivity contribution in [3.05, 3.63) is 27.5 Å². The fraction of sp³-hybridized carbons (Fsp3) is 0.300. The van der Waals surface area contributed by atoms with Gasteiger partial charge in [0.15, 0.2) is 5.88 Å². The van der Waals surface area contributed by atoms with Gasteiger partial charge in [-0.15, -0.1) is 0 Å². The van der Waals surface area contributed by atoms with Gasteiger partial charge in [-0.25, -0.2) is 0 Å². The third-order valence-electron chi connectivity index (χ3n) is 2.03. The Morgan fingerprint density at radius 3 is 2.73 bits per heavy atom. The molecule has 15 heavy (non-hydrogen) atoms. The Morgan fingerprint density at radius 2 is 2.20 bits per heavy atom. The minimum atomic E-state index is -0.551. The van der Waals surface area contributed by atoms with E-state index in [4.69, 9.17) is 10.5 Å². The minimum Gasteiger partial charge on any atom is -0.494 e. The summed E-state index contributed by atoms with van der Waals surface area (Å²) in [6.07, 6.45) is 0.112. The van der Waals surface area contributed by atoms with E-state index in [1.807, 2.05) is 6.07 Å². The number of aromatic hydroxyl groups is 1. The molecule has 0 aliphatic heterocycles. The molecule has 1 heterocycles. The first-order valence-electron chi connectivity index (χ1n) is 4.32. The second-order valence-electron chi connectivity index (χ2n) is 3.04. The molecule has 1 N–H and O–H groups in total. The van der Waals surface area contributed by atoms with Crippen LogP contribution in [0.4, 0.5) is 0 Å². The summed E-state index contributed by atoms with van der Waals surface area (Å²) in [6, 6.07) is 4.99. The molecule has 0 atom stereocenters. The zero-order valence-electron chi connectivity index (χ0n) is 8.19. The lowest BCUT2D eigenvalue weighted by Crippen LogP contribution is -2.23. The molecule has 1 rings (SSSR count). The van der Waals surface area contributed by atoms with Crippen molar-refractivity contribution in [1.29, 1.82) is 10.5 Å². The van der Waals surface area contributed by atoms with E-state index in [0.29, 0.717) is 5.56 Å². The summed E-state index contributed by atoms with van der Waals surface area (Å²) in [4.78, 5) is 11.6. The third-order valence-corrected chi connectivity index (χ3v) is 2.03. The maximum atomic E-state index is 11.6. The topological polar surface area (TPSA) is 89.8 Å². The van der Waals surface area contributed by atoms with E-state index < -0.39 is 5.56 Å². The first-order valence-corrected chi connectivity index (χ1v) is 4.32. The van der Waals surface area contributed by atoms with Crippen molar-refractivity contribution >= 4 is 0 Å². The number of aryl methyl sites for hydroxylation is 1. The summed E-state index contributed by atoms with van der Waals surface area (Å²) < 4.78 is 1.02. The normalized spacial score (nSPS) is 9.27. The highest BCUT2D eigenvalue weighted by Crippen LogP contribution is 2.11. The molecule has 0 amide bonds. The Labute approximate surface area is 86.4 Å². The molecule has 0 radical (unpaired) electrons. The van der Waals surface area contributed by atoms with E-state index in [9.17, 15) is 9.90 Å². The molecule has 0 aromatic carbocycles. The fourth-order valence-corrected chi connectivity index (χ4v) is 1.27. The summed E-state index contributed by atoms with van der Waals surface area (Å²) >= 11 is 0. The van der Waals surface area contributed by atoms with Crippen LogP contribution in [-0.2, 0) is 6.54 Å². The molecule has 0 fully saturated rings. The van der Waals surface area contributed by atoms with Gasteiger partial charge < -0.3 is 5.11 Å². The first-order chi connectivity index (χ1) is 7.11. The highest BCUT2D eigenvalue weighted by molar-refractivity contribution is 5.37. The van der Waals surface area contributed by atoms with Gasteiger partial charge in [-0.3, -0.25) is 9.36 Å². The van der Waals surface area contributed by atoms with Gasteiger partial charge >= 0.3 is 0 Å². The van der Waals surface area contributed by atoms with Gasteiger partial charge in [-0.05, 0) is 12.5 Å². The van der Waals surface area contributed by atoms with Crippen molar-refractivity contribution in [3.63, 3.8) is 0 Å². The molecule has 1 aromatic rings. The van der Waals surface area contributed by atoms with Crippen molar-refractivity contribution in [2.45, 2.75) is 19.9 Å². The zero-order valence-corrected chi connectivity index (χ0v) is 8.19. The van der Waals surface area contributed by atoms with E-state index in [1.54, 1.807) is 13.0 Å².